The van der Waals surface area contributed by atoms with Gasteiger partial charge in [0.1, 0.15) is 5.65 Å². The van der Waals surface area contributed by atoms with Crippen LogP contribution >= 0.6 is 0 Å². The lowest BCUT2D eigenvalue weighted by molar-refractivity contribution is 0.983. The number of hydrogen-bond acceptors (Lipinski definition) is 3. The molecule has 0 atom stereocenters. The highest BCUT2D eigenvalue weighted by atomic mass is 16.1. The van der Waals surface area contributed by atoms with Gasteiger partial charge >= 0.3 is 0 Å². The molecule has 0 spiro atoms. The lowest BCUT2D eigenvalue weighted by Gasteiger charge is -2.07. The third kappa shape index (κ3) is 1.53. The number of pyridine rings is 3. The van der Waals surface area contributed by atoms with Crippen LogP contribution in [0.25, 0.3) is 22.1 Å². The van der Waals surface area contributed by atoms with Gasteiger partial charge < -0.3 is 4.40 Å². The highest BCUT2D eigenvalue weighted by molar-refractivity contribution is 5.80. The van der Waals surface area contributed by atoms with Crippen LogP contribution in [0.3, 0.4) is 0 Å². The molecule has 4 rings (SSSR count). The Labute approximate surface area is 113 Å². The molecule has 4 aromatic rings. The minimum absolute atomic E-state index is 0.0740. The molecule has 5 nitrogen and oxygen atoms in total. The maximum Gasteiger partial charge on any atom is 0.264 e. The number of nitrogens with zero attached hydrogens (tertiary/aromatic N) is 4. The minimum Gasteiger partial charge on any atom is -0.305 e. The second-order valence-electron chi connectivity index (χ2n) is 4.53. The number of hydrogen-bond donors (Lipinski definition) is 0. The third-order valence-electron chi connectivity index (χ3n) is 3.36. The van der Waals surface area contributed by atoms with E-state index in [1.165, 1.54) is 0 Å². The van der Waals surface area contributed by atoms with Crippen molar-refractivity contribution in [3.8, 4) is 5.69 Å². The fourth-order valence-corrected chi connectivity index (χ4v) is 2.34. The lowest BCUT2D eigenvalue weighted by Crippen LogP contribution is -2.18. The molecule has 0 fully saturated rings. The highest BCUT2D eigenvalue weighted by Gasteiger charge is 2.05. The third-order valence-corrected chi connectivity index (χ3v) is 3.36. The summed E-state index contributed by atoms with van der Waals surface area (Å²) in [7, 11) is 0. The summed E-state index contributed by atoms with van der Waals surface area (Å²) < 4.78 is 3.50. The Hall–Kier alpha value is -2.95. The zero-order chi connectivity index (χ0) is 13.5. The first-order chi connectivity index (χ1) is 9.83. The first-order valence-corrected chi connectivity index (χ1v) is 6.21. The van der Waals surface area contributed by atoms with Crippen LogP contribution in [0.1, 0.15) is 0 Å². The van der Waals surface area contributed by atoms with Crippen LogP contribution in [0, 0.1) is 0 Å². The van der Waals surface area contributed by atoms with E-state index in [4.69, 9.17) is 0 Å². The molecule has 0 aliphatic carbocycles. The topological polar surface area (TPSA) is 52.2 Å². The molecule has 0 aromatic carbocycles. The molecule has 0 aliphatic rings. The van der Waals surface area contributed by atoms with Gasteiger partial charge in [-0.2, -0.15) is 0 Å². The maximum atomic E-state index is 12.5. The molecule has 96 valence electrons. The Balaban J connectivity index is 2.01. The van der Waals surface area contributed by atoms with Gasteiger partial charge in [0.2, 0.25) is 0 Å². The molecule has 0 saturated carbocycles. The summed E-state index contributed by atoms with van der Waals surface area (Å²) in [5, 5.41) is 1.51. The fourth-order valence-electron chi connectivity index (χ4n) is 2.34. The summed E-state index contributed by atoms with van der Waals surface area (Å²) in [6.07, 6.45) is 10.5. The minimum atomic E-state index is -0.0740. The van der Waals surface area contributed by atoms with Crippen molar-refractivity contribution in [2.24, 2.45) is 0 Å². The molecule has 0 saturated heterocycles. The molecule has 0 amide bonds. The molecule has 0 N–H and O–H groups in total. The summed E-state index contributed by atoms with van der Waals surface area (Å²) in [4.78, 5) is 20.7. The monoisotopic (exact) mass is 262 g/mol. The lowest BCUT2D eigenvalue weighted by atomic mass is 10.2. The SMILES string of the molecule is O=c1c2cnccc2ccn1-c1ccc2nccn2c1. The second kappa shape index (κ2) is 4.03. The van der Waals surface area contributed by atoms with E-state index < -0.39 is 0 Å². The summed E-state index contributed by atoms with van der Waals surface area (Å²) in [5.41, 5.74) is 1.57. The van der Waals surface area contributed by atoms with E-state index in [-0.39, 0.29) is 5.56 Å². The van der Waals surface area contributed by atoms with E-state index in [9.17, 15) is 4.79 Å². The van der Waals surface area contributed by atoms with Crippen molar-refractivity contribution in [2.75, 3.05) is 0 Å². The van der Waals surface area contributed by atoms with Crippen LogP contribution in [0.15, 0.2) is 66.2 Å². The molecule has 0 aliphatic heterocycles. The average molecular weight is 262 g/mol. The van der Waals surface area contributed by atoms with Crippen molar-refractivity contribution >= 4 is 16.4 Å². The van der Waals surface area contributed by atoms with E-state index in [1.807, 2.05) is 41.1 Å². The van der Waals surface area contributed by atoms with Gasteiger partial charge in [0.15, 0.2) is 0 Å². The van der Waals surface area contributed by atoms with Gasteiger partial charge in [0.05, 0.1) is 11.1 Å². The normalized spacial score (nSPS) is 11.2. The molecule has 4 aromatic heterocycles. The van der Waals surface area contributed by atoms with Crippen molar-refractivity contribution in [3.05, 3.63) is 71.8 Å². The van der Waals surface area contributed by atoms with E-state index in [2.05, 4.69) is 9.97 Å². The molecule has 4 heterocycles. The van der Waals surface area contributed by atoms with Crippen molar-refractivity contribution in [3.63, 3.8) is 0 Å². The Morgan fingerprint density at radius 1 is 1.00 bits per heavy atom. The number of fused-ring (bicyclic) bond motifs is 2. The molecule has 0 radical (unpaired) electrons. The van der Waals surface area contributed by atoms with Gasteiger partial charge in [-0.3, -0.25) is 14.3 Å². The first kappa shape index (κ1) is 10.9. The maximum absolute atomic E-state index is 12.5. The van der Waals surface area contributed by atoms with Crippen LogP contribution < -0.4 is 5.56 Å². The van der Waals surface area contributed by atoms with Gasteiger partial charge in [-0.1, -0.05) is 0 Å². The van der Waals surface area contributed by atoms with Crippen molar-refractivity contribution < 1.29 is 0 Å². The van der Waals surface area contributed by atoms with Crippen molar-refractivity contribution in [1.82, 2.24) is 18.9 Å². The van der Waals surface area contributed by atoms with Crippen LogP contribution in [0.2, 0.25) is 0 Å². The van der Waals surface area contributed by atoms with Gasteiger partial charge in [-0.25, -0.2) is 4.98 Å². The predicted molar refractivity (Wildman–Crippen MR) is 76.1 cm³/mol. The number of aromatic nitrogens is 4. The van der Waals surface area contributed by atoms with Crippen LogP contribution in [-0.2, 0) is 0 Å². The summed E-state index contributed by atoms with van der Waals surface area (Å²) in [5.74, 6) is 0. The summed E-state index contributed by atoms with van der Waals surface area (Å²) in [6.45, 7) is 0. The fraction of sp³-hybridized carbons (Fsp3) is 0. The molecule has 5 heteroatoms. The zero-order valence-electron chi connectivity index (χ0n) is 10.5. The largest absolute Gasteiger partial charge is 0.305 e. The van der Waals surface area contributed by atoms with Gasteiger partial charge in [0.25, 0.3) is 5.56 Å². The van der Waals surface area contributed by atoms with Crippen molar-refractivity contribution in [1.29, 1.82) is 0 Å². The molecule has 20 heavy (non-hydrogen) atoms. The van der Waals surface area contributed by atoms with Gasteiger partial charge in [0, 0.05) is 37.2 Å². The van der Waals surface area contributed by atoms with Gasteiger partial charge in [-0.15, -0.1) is 0 Å². The number of imidazole rings is 1. The molecule has 0 bridgehead atoms. The van der Waals surface area contributed by atoms with Gasteiger partial charge in [-0.05, 0) is 29.7 Å². The summed E-state index contributed by atoms with van der Waals surface area (Å²) in [6, 6.07) is 7.51. The predicted octanol–water partition coefficient (Wildman–Crippen LogP) is 2.03. The Morgan fingerprint density at radius 2 is 1.95 bits per heavy atom. The Morgan fingerprint density at radius 3 is 2.90 bits per heavy atom. The smallest absolute Gasteiger partial charge is 0.264 e. The van der Waals surface area contributed by atoms with Crippen molar-refractivity contribution in [2.45, 2.75) is 0 Å². The number of rotatable bonds is 1. The van der Waals surface area contributed by atoms with E-state index in [1.54, 1.807) is 29.4 Å². The second-order valence-corrected chi connectivity index (χ2v) is 4.53. The quantitative estimate of drug-likeness (QED) is 0.527. The van der Waals surface area contributed by atoms with Crippen LogP contribution in [0.5, 0.6) is 0 Å². The Bertz CT molecular complexity index is 984. The highest BCUT2D eigenvalue weighted by Crippen LogP contribution is 2.12. The standard InChI is InChI=1S/C15H10N4O/c20-15-13-9-16-5-3-11(13)4-7-19(15)12-1-2-14-17-6-8-18(14)10-12/h1-10H. The zero-order valence-corrected chi connectivity index (χ0v) is 10.5. The van der Waals surface area contributed by atoms with E-state index in [0.717, 1.165) is 16.7 Å². The van der Waals surface area contributed by atoms with Crippen LogP contribution in [-0.4, -0.2) is 18.9 Å². The summed E-state index contributed by atoms with van der Waals surface area (Å²) >= 11 is 0. The molecule has 0 unspecified atom stereocenters. The molecular formula is C15H10N4O. The molecular weight excluding hydrogens is 252 g/mol. The van der Waals surface area contributed by atoms with E-state index >= 15 is 0 Å². The van der Waals surface area contributed by atoms with Crippen LogP contribution in [0.4, 0.5) is 0 Å². The first-order valence-electron chi connectivity index (χ1n) is 6.21. The van der Waals surface area contributed by atoms with E-state index in [0.29, 0.717) is 5.39 Å². The Kier molecular flexibility index (Phi) is 2.20. The average Bonchev–Trinajstić information content (AvgIpc) is 2.95.